The molecule has 6 heteroatoms. The summed E-state index contributed by atoms with van der Waals surface area (Å²) >= 11 is 0. The van der Waals surface area contributed by atoms with Crippen LogP contribution in [0.5, 0.6) is 11.5 Å². The average molecular weight is 411 g/mol. The van der Waals surface area contributed by atoms with E-state index in [0.717, 1.165) is 49.0 Å². The van der Waals surface area contributed by atoms with Crippen molar-refractivity contribution >= 4 is 11.9 Å². The number of benzene rings is 2. The summed E-state index contributed by atoms with van der Waals surface area (Å²) in [6.45, 7) is 0.393. The van der Waals surface area contributed by atoms with Crippen LogP contribution in [0.15, 0.2) is 42.5 Å². The molecule has 0 aliphatic heterocycles. The second kappa shape index (κ2) is 10.1. The Balaban J connectivity index is 1.66. The lowest BCUT2D eigenvalue weighted by Crippen LogP contribution is -2.37. The number of hydrogen-bond donors (Lipinski definition) is 2. The van der Waals surface area contributed by atoms with Crippen molar-refractivity contribution in [3.8, 4) is 11.5 Å². The molecule has 2 N–H and O–H groups in total. The zero-order valence-electron chi connectivity index (χ0n) is 17.5. The molecule has 0 aromatic heterocycles. The van der Waals surface area contributed by atoms with Crippen molar-refractivity contribution in [2.24, 2.45) is 11.8 Å². The van der Waals surface area contributed by atoms with Crippen molar-refractivity contribution in [3.63, 3.8) is 0 Å². The maximum Gasteiger partial charge on any atom is 0.335 e. The first-order valence-electron chi connectivity index (χ1n) is 10.3. The molecule has 6 nitrogen and oxygen atoms in total. The average Bonchev–Trinajstić information content (AvgIpc) is 2.77. The molecule has 30 heavy (non-hydrogen) atoms. The molecule has 1 aliphatic carbocycles. The number of ether oxygens (including phenoxy) is 2. The molecule has 0 saturated heterocycles. The fourth-order valence-corrected chi connectivity index (χ4v) is 4.28. The summed E-state index contributed by atoms with van der Waals surface area (Å²) < 4.78 is 11.0. The van der Waals surface area contributed by atoms with Gasteiger partial charge in [0.15, 0.2) is 11.5 Å². The van der Waals surface area contributed by atoms with Gasteiger partial charge < -0.3 is 19.9 Å². The Morgan fingerprint density at radius 2 is 1.77 bits per heavy atom. The van der Waals surface area contributed by atoms with E-state index in [9.17, 15) is 9.59 Å². The molecule has 2 aromatic rings. The maximum absolute atomic E-state index is 13.0. The van der Waals surface area contributed by atoms with Gasteiger partial charge in [-0.25, -0.2) is 4.79 Å². The Bertz CT molecular complexity index is 878. The van der Waals surface area contributed by atoms with Crippen molar-refractivity contribution in [2.45, 2.75) is 38.6 Å². The second-order valence-corrected chi connectivity index (χ2v) is 7.73. The molecule has 1 aliphatic rings. The molecule has 2 aromatic carbocycles. The third-order valence-electron chi connectivity index (χ3n) is 5.88. The molecule has 2 unspecified atom stereocenters. The highest BCUT2D eigenvalue weighted by atomic mass is 16.5. The minimum absolute atomic E-state index is 0.0482. The molecule has 1 saturated carbocycles. The van der Waals surface area contributed by atoms with Crippen molar-refractivity contribution in [1.29, 1.82) is 0 Å². The smallest absolute Gasteiger partial charge is 0.335 e. The van der Waals surface area contributed by atoms with Crippen molar-refractivity contribution in [1.82, 2.24) is 5.32 Å². The summed E-state index contributed by atoms with van der Waals surface area (Å²) in [6.07, 6.45) is 4.83. The van der Waals surface area contributed by atoms with Gasteiger partial charge in [-0.1, -0.05) is 37.1 Å². The van der Waals surface area contributed by atoms with E-state index in [2.05, 4.69) is 5.32 Å². The highest BCUT2D eigenvalue weighted by Gasteiger charge is 2.31. The predicted octanol–water partition coefficient (Wildman–Crippen LogP) is 4.07. The topological polar surface area (TPSA) is 84.9 Å². The van der Waals surface area contributed by atoms with Crippen LogP contribution in [0.2, 0.25) is 0 Å². The molecular weight excluding hydrogens is 382 g/mol. The maximum atomic E-state index is 13.0. The van der Waals surface area contributed by atoms with Crippen molar-refractivity contribution in [3.05, 3.63) is 59.2 Å². The van der Waals surface area contributed by atoms with Crippen LogP contribution in [0, 0.1) is 11.8 Å². The summed E-state index contributed by atoms with van der Waals surface area (Å²) in [6, 6.07) is 12.5. The van der Waals surface area contributed by atoms with Crippen LogP contribution < -0.4 is 14.8 Å². The van der Waals surface area contributed by atoms with Gasteiger partial charge in [0.1, 0.15) is 0 Å². The number of amides is 1. The molecule has 2 atom stereocenters. The SMILES string of the molecule is COc1cccc(CC2CCCCC2C(=O)NCc2ccc(C(=O)O)cc2)c1OC. The van der Waals surface area contributed by atoms with E-state index < -0.39 is 5.97 Å². The van der Waals surface area contributed by atoms with Crippen molar-refractivity contribution in [2.75, 3.05) is 14.2 Å². The lowest BCUT2D eigenvalue weighted by molar-refractivity contribution is -0.127. The zero-order chi connectivity index (χ0) is 21.5. The first-order valence-corrected chi connectivity index (χ1v) is 10.3. The molecule has 1 amide bonds. The van der Waals surface area contributed by atoms with E-state index in [1.165, 1.54) is 0 Å². The lowest BCUT2D eigenvalue weighted by Gasteiger charge is -2.31. The van der Waals surface area contributed by atoms with Crippen LogP contribution in [0.1, 0.15) is 47.2 Å². The van der Waals surface area contributed by atoms with Gasteiger partial charge in [0.05, 0.1) is 19.8 Å². The van der Waals surface area contributed by atoms with Crippen molar-refractivity contribution < 1.29 is 24.2 Å². The van der Waals surface area contributed by atoms with Gasteiger partial charge in [-0.3, -0.25) is 4.79 Å². The third kappa shape index (κ3) is 5.12. The number of nitrogens with one attached hydrogen (secondary N) is 1. The van der Waals surface area contributed by atoms with E-state index in [1.54, 1.807) is 38.5 Å². The number of hydrogen-bond acceptors (Lipinski definition) is 4. The normalized spacial score (nSPS) is 18.5. The van der Waals surface area contributed by atoms with Gasteiger partial charge in [-0.2, -0.15) is 0 Å². The number of carboxylic acids is 1. The fourth-order valence-electron chi connectivity index (χ4n) is 4.28. The Hall–Kier alpha value is -3.02. The van der Waals surface area contributed by atoms with E-state index >= 15 is 0 Å². The molecule has 0 radical (unpaired) electrons. The van der Waals surface area contributed by atoms with Gasteiger partial charge in [0.25, 0.3) is 0 Å². The summed E-state index contributed by atoms with van der Waals surface area (Å²) in [5.41, 5.74) is 2.19. The molecule has 1 fully saturated rings. The molecular formula is C24H29NO5. The summed E-state index contributed by atoms with van der Waals surface area (Å²) in [5.74, 6) is 0.745. The minimum Gasteiger partial charge on any atom is -0.493 e. The van der Waals surface area contributed by atoms with E-state index in [0.29, 0.717) is 12.3 Å². The third-order valence-corrected chi connectivity index (χ3v) is 5.88. The van der Waals surface area contributed by atoms with Gasteiger partial charge in [0, 0.05) is 12.5 Å². The quantitative estimate of drug-likeness (QED) is 0.684. The van der Waals surface area contributed by atoms with Gasteiger partial charge in [-0.15, -0.1) is 0 Å². The van der Waals surface area contributed by atoms with Crippen LogP contribution in [0.25, 0.3) is 0 Å². The van der Waals surface area contributed by atoms with Crippen LogP contribution in [0.4, 0.5) is 0 Å². The van der Waals surface area contributed by atoms with Crippen LogP contribution >= 0.6 is 0 Å². The number of aromatic carboxylic acids is 1. The Kier molecular flexibility index (Phi) is 7.33. The van der Waals surface area contributed by atoms with Gasteiger partial charge in [-0.05, 0) is 54.5 Å². The van der Waals surface area contributed by atoms with Crippen LogP contribution in [-0.2, 0) is 17.8 Å². The lowest BCUT2D eigenvalue weighted by atomic mass is 9.75. The Morgan fingerprint density at radius 3 is 2.43 bits per heavy atom. The number of para-hydroxylation sites is 1. The number of carboxylic acid groups (broad SMARTS) is 1. The predicted molar refractivity (Wildman–Crippen MR) is 114 cm³/mol. The number of methoxy groups -OCH3 is 2. The number of carbonyl (C=O) groups excluding carboxylic acids is 1. The second-order valence-electron chi connectivity index (χ2n) is 7.73. The number of rotatable bonds is 8. The molecule has 0 heterocycles. The van der Waals surface area contributed by atoms with Gasteiger partial charge in [0.2, 0.25) is 5.91 Å². The molecule has 0 bridgehead atoms. The first kappa shape index (κ1) is 21.7. The van der Waals surface area contributed by atoms with Gasteiger partial charge >= 0.3 is 5.97 Å². The van der Waals surface area contributed by atoms with E-state index in [1.807, 2.05) is 18.2 Å². The summed E-state index contributed by atoms with van der Waals surface area (Å²) in [5, 5.41) is 12.0. The molecule has 0 spiro atoms. The van der Waals surface area contributed by atoms with Crippen LogP contribution in [-0.4, -0.2) is 31.2 Å². The highest BCUT2D eigenvalue weighted by Crippen LogP contribution is 2.38. The highest BCUT2D eigenvalue weighted by molar-refractivity contribution is 5.87. The van der Waals surface area contributed by atoms with E-state index in [-0.39, 0.29) is 23.3 Å². The standard InChI is InChI=1S/C24H29NO5/c1-29-21-9-5-7-19(22(21)30-2)14-18-6-3-4-8-20(18)23(26)25-15-16-10-12-17(13-11-16)24(27)28/h5,7,9-13,18,20H,3-4,6,8,14-15H2,1-2H3,(H,25,26)(H,27,28). The minimum atomic E-state index is -0.955. The van der Waals surface area contributed by atoms with Crippen LogP contribution in [0.3, 0.4) is 0 Å². The molecule has 160 valence electrons. The monoisotopic (exact) mass is 411 g/mol. The fraction of sp³-hybridized carbons (Fsp3) is 0.417. The Morgan fingerprint density at radius 1 is 1.03 bits per heavy atom. The zero-order valence-corrected chi connectivity index (χ0v) is 17.5. The number of carbonyl (C=O) groups is 2. The van der Waals surface area contributed by atoms with E-state index in [4.69, 9.17) is 14.6 Å². The molecule has 3 rings (SSSR count). The largest absolute Gasteiger partial charge is 0.493 e. The summed E-state index contributed by atoms with van der Waals surface area (Å²) in [4.78, 5) is 23.9. The summed E-state index contributed by atoms with van der Waals surface area (Å²) in [7, 11) is 3.27. The first-order chi connectivity index (χ1) is 14.5. The Labute approximate surface area is 177 Å².